The molecule has 0 heterocycles. The zero-order valence-electron chi connectivity index (χ0n) is 11.2. The van der Waals surface area contributed by atoms with Gasteiger partial charge in [0.1, 0.15) is 12.1 Å². The summed E-state index contributed by atoms with van der Waals surface area (Å²) < 4.78 is 12.9. The molecule has 1 atom stereocenters. The van der Waals surface area contributed by atoms with Gasteiger partial charge in [0.25, 0.3) is 0 Å². The van der Waals surface area contributed by atoms with E-state index in [0.717, 1.165) is 23.0 Å². The highest BCUT2D eigenvalue weighted by atomic mass is 19.1. The van der Waals surface area contributed by atoms with E-state index in [1.54, 1.807) is 12.1 Å². The molecule has 2 rings (SSSR count). The molecule has 19 heavy (non-hydrogen) atoms. The molecular formula is C17H17FO. The monoisotopic (exact) mass is 256 g/mol. The largest absolute Gasteiger partial charge is 0.302 e. The van der Waals surface area contributed by atoms with Crippen LogP contribution in [0.1, 0.15) is 23.6 Å². The van der Waals surface area contributed by atoms with Gasteiger partial charge in [-0.05, 0) is 43.5 Å². The van der Waals surface area contributed by atoms with Crippen molar-refractivity contribution in [3.05, 3.63) is 71.0 Å². The van der Waals surface area contributed by atoms with Gasteiger partial charge in [-0.25, -0.2) is 4.39 Å². The maximum absolute atomic E-state index is 12.9. The van der Waals surface area contributed by atoms with Crippen LogP contribution in [0.25, 0.3) is 0 Å². The Balaban J connectivity index is 2.32. The van der Waals surface area contributed by atoms with Gasteiger partial charge in [0.05, 0.1) is 5.41 Å². The number of rotatable bonds is 4. The van der Waals surface area contributed by atoms with Crippen LogP contribution in [0.3, 0.4) is 0 Å². The molecule has 1 nitrogen and oxygen atoms in total. The molecule has 0 saturated heterocycles. The van der Waals surface area contributed by atoms with Gasteiger partial charge in [-0.1, -0.05) is 42.0 Å². The van der Waals surface area contributed by atoms with Crippen LogP contribution < -0.4 is 0 Å². The van der Waals surface area contributed by atoms with Crippen molar-refractivity contribution < 1.29 is 9.18 Å². The second kappa shape index (κ2) is 5.35. The molecule has 0 aliphatic carbocycles. The summed E-state index contributed by atoms with van der Waals surface area (Å²) in [6.45, 7) is 3.92. The Bertz CT molecular complexity index is 574. The van der Waals surface area contributed by atoms with Crippen LogP contribution in [-0.2, 0) is 16.6 Å². The number of carbonyl (C=O) groups is 1. The van der Waals surface area contributed by atoms with Gasteiger partial charge in [-0.15, -0.1) is 0 Å². The lowest BCUT2D eigenvalue weighted by Gasteiger charge is -2.24. The van der Waals surface area contributed by atoms with E-state index in [1.165, 1.54) is 12.1 Å². The van der Waals surface area contributed by atoms with Gasteiger partial charge >= 0.3 is 0 Å². The molecule has 1 unspecified atom stereocenters. The quantitative estimate of drug-likeness (QED) is 0.760. The highest BCUT2D eigenvalue weighted by Crippen LogP contribution is 2.27. The number of hydrogen-bond acceptors (Lipinski definition) is 1. The van der Waals surface area contributed by atoms with Crippen LogP contribution in [0.4, 0.5) is 4.39 Å². The van der Waals surface area contributed by atoms with Gasteiger partial charge in [0.15, 0.2) is 0 Å². The van der Waals surface area contributed by atoms with Crippen molar-refractivity contribution in [2.45, 2.75) is 25.7 Å². The molecule has 0 radical (unpaired) electrons. The Labute approximate surface area is 113 Å². The van der Waals surface area contributed by atoms with Crippen molar-refractivity contribution in [2.24, 2.45) is 0 Å². The molecular weight excluding hydrogens is 239 g/mol. The maximum Gasteiger partial charge on any atom is 0.130 e. The molecule has 0 spiro atoms. The maximum atomic E-state index is 12.9. The highest BCUT2D eigenvalue weighted by molar-refractivity contribution is 5.68. The van der Waals surface area contributed by atoms with E-state index in [-0.39, 0.29) is 5.82 Å². The molecule has 0 aliphatic rings. The lowest BCUT2D eigenvalue weighted by molar-refractivity contribution is -0.112. The smallest absolute Gasteiger partial charge is 0.130 e. The highest BCUT2D eigenvalue weighted by Gasteiger charge is 2.26. The summed E-state index contributed by atoms with van der Waals surface area (Å²) in [5, 5.41) is 0. The number of benzene rings is 2. The molecule has 0 N–H and O–H groups in total. The first kappa shape index (κ1) is 13.5. The van der Waals surface area contributed by atoms with Gasteiger partial charge in [0, 0.05) is 0 Å². The van der Waals surface area contributed by atoms with Crippen molar-refractivity contribution in [2.75, 3.05) is 0 Å². The summed E-state index contributed by atoms with van der Waals surface area (Å²) >= 11 is 0. The Hall–Kier alpha value is -1.96. The first-order valence-electron chi connectivity index (χ1n) is 6.31. The number of halogens is 1. The first-order chi connectivity index (χ1) is 9.03. The van der Waals surface area contributed by atoms with Gasteiger partial charge in [0.2, 0.25) is 0 Å². The van der Waals surface area contributed by atoms with Crippen molar-refractivity contribution in [1.82, 2.24) is 0 Å². The Morgan fingerprint density at radius 1 is 1.16 bits per heavy atom. The molecule has 0 saturated carbocycles. The standard InChI is InChI=1S/C17H17FO/c1-13-4-3-5-15(10-13)17(2,12-19)11-14-6-8-16(18)9-7-14/h3-10,12H,11H2,1-2H3. The topological polar surface area (TPSA) is 17.1 Å². The number of aldehydes is 1. The summed E-state index contributed by atoms with van der Waals surface area (Å²) in [6.07, 6.45) is 1.55. The third kappa shape index (κ3) is 3.08. The minimum absolute atomic E-state index is 0.257. The Morgan fingerprint density at radius 3 is 2.42 bits per heavy atom. The first-order valence-corrected chi connectivity index (χ1v) is 6.31. The van der Waals surface area contributed by atoms with Crippen molar-refractivity contribution in [3.63, 3.8) is 0 Å². The second-order valence-electron chi connectivity index (χ2n) is 5.21. The molecule has 2 aromatic rings. The average molecular weight is 256 g/mol. The fourth-order valence-electron chi connectivity index (χ4n) is 2.24. The second-order valence-corrected chi connectivity index (χ2v) is 5.21. The van der Waals surface area contributed by atoms with Crippen LogP contribution in [0.2, 0.25) is 0 Å². The zero-order chi connectivity index (χ0) is 13.9. The molecule has 2 aromatic carbocycles. The molecule has 0 aliphatic heterocycles. The van der Waals surface area contributed by atoms with Crippen LogP contribution in [0.15, 0.2) is 48.5 Å². The lowest BCUT2D eigenvalue weighted by atomic mass is 9.78. The number of hydrogen-bond donors (Lipinski definition) is 0. The lowest BCUT2D eigenvalue weighted by Crippen LogP contribution is -2.26. The number of carbonyl (C=O) groups excluding carboxylic acids is 1. The van der Waals surface area contributed by atoms with E-state index in [0.29, 0.717) is 6.42 Å². The summed E-state index contributed by atoms with van der Waals surface area (Å²) in [5.74, 6) is -0.257. The van der Waals surface area contributed by atoms with Crippen LogP contribution in [0, 0.1) is 12.7 Å². The van der Waals surface area contributed by atoms with Gasteiger partial charge < -0.3 is 4.79 Å². The van der Waals surface area contributed by atoms with Gasteiger partial charge in [-0.2, -0.15) is 0 Å². The van der Waals surface area contributed by atoms with E-state index in [2.05, 4.69) is 0 Å². The van der Waals surface area contributed by atoms with Crippen LogP contribution >= 0.6 is 0 Å². The molecule has 0 amide bonds. The van der Waals surface area contributed by atoms with Crippen molar-refractivity contribution in [3.8, 4) is 0 Å². The Kier molecular flexibility index (Phi) is 3.79. The molecule has 2 heteroatoms. The summed E-state index contributed by atoms with van der Waals surface area (Å²) in [5.41, 5.74) is 2.50. The Morgan fingerprint density at radius 2 is 1.84 bits per heavy atom. The van der Waals surface area contributed by atoms with E-state index < -0.39 is 5.41 Å². The average Bonchev–Trinajstić information content (AvgIpc) is 2.41. The van der Waals surface area contributed by atoms with Crippen molar-refractivity contribution >= 4 is 6.29 Å². The fraction of sp³-hybridized carbons (Fsp3) is 0.235. The van der Waals surface area contributed by atoms with E-state index in [4.69, 9.17) is 0 Å². The van der Waals surface area contributed by atoms with E-state index in [1.807, 2.05) is 38.1 Å². The van der Waals surface area contributed by atoms with Crippen LogP contribution in [0.5, 0.6) is 0 Å². The normalized spacial score (nSPS) is 13.8. The molecule has 0 bridgehead atoms. The predicted molar refractivity (Wildman–Crippen MR) is 74.7 cm³/mol. The molecule has 98 valence electrons. The van der Waals surface area contributed by atoms with Crippen molar-refractivity contribution in [1.29, 1.82) is 0 Å². The summed E-state index contributed by atoms with van der Waals surface area (Å²) in [6, 6.07) is 14.3. The SMILES string of the molecule is Cc1cccc(C(C)(C=O)Cc2ccc(F)cc2)c1. The van der Waals surface area contributed by atoms with E-state index in [9.17, 15) is 9.18 Å². The summed E-state index contributed by atoms with van der Waals surface area (Å²) in [4.78, 5) is 11.5. The minimum atomic E-state index is -0.580. The third-order valence-electron chi connectivity index (χ3n) is 3.42. The van der Waals surface area contributed by atoms with Crippen LogP contribution in [-0.4, -0.2) is 6.29 Å². The molecule has 0 aromatic heterocycles. The molecule has 0 fully saturated rings. The minimum Gasteiger partial charge on any atom is -0.302 e. The van der Waals surface area contributed by atoms with Gasteiger partial charge in [-0.3, -0.25) is 0 Å². The number of aryl methyl sites for hydroxylation is 1. The summed E-state index contributed by atoms with van der Waals surface area (Å²) in [7, 11) is 0. The van der Waals surface area contributed by atoms with E-state index >= 15 is 0 Å². The predicted octanol–water partition coefficient (Wildman–Crippen LogP) is 3.83. The third-order valence-corrected chi connectivity index (χ3v) is 3.42. The fourth-order valence-corrected chi connectivity index (χ4v) is 2.24. The zero-order valence-corrected chi connectivity index (χ0v) is 11.2.